The number of benzene rings is 1. The van der Waals surface area contributed by atoms with Gasteiger partial charge in [-0.25, -0.2) is 0 Å². The van der Waals surface area contributed by atoms with E-state index in [1.807, 2.05) is 12.1 Å². The SMILES string of the molecule is NNc1ccnc(CN2CCC(c3ccccc3)C2)c1. The number of rotatable bonds is 4. The molecule has 1 atom stereocenters. The Balaban J connectivity index is 1.63. The summed E-state index contributed by atoms with van der Waals surface area (Å²) in [5.41, 5.74) is 6.09. The molecule has 2 heterocycles. The van der Waals surface area contributed by atoms with Gasteiger partial charge in [0.1, 0.15) is 0 Å². The molecule has 1 saturated heterocycles. The molecule has 104 valence electrons. The van der Waals surface area contributed by atoms with Crippen LogP contribution in [0.1, 0.15) is 23.6 Å². The highest BCUT2D eigenvalue weighted by Gasteiger charge is 2.23. The fourth-order valence-electron chi connectivity index (χ4n) is 2.86. The number of pyridine rings is 1. The Hall–Kier alpha value is -1.91. The van der Waals surface area contributed by atoms with Crippen LogP contribution in [0.5, 0.6) is 0 Å². The second-order valence-electron chi connectivity index (χ2n) is 5.31. The zero-order valence-electron chi connectivity index (χ0n) is 11.5. The van der Waals surface area contributed by atoms with Gasteiger partial charge in [0.15, 0.2) is 0 Å². The highest BCUT2D eigenvalue weighted by atomic mass is 15.2. The number of hydrogen-bond acceptors (Lipinski definition) is 4. The summed E-state index contributed by atoms with van der Waals surface area (Å²) in [6.07, 6.45) is 3.02. The van der Waals surface area contributed by atoms with Crippen molar-refractivity contribution in [2.75, 3.05) is 18.5 Å². The molecule has 0 amide bonds. The molecular weight excluding hydrogens is 248 g/mol. The van der Waals surface area contributed by atoms with Gasteiger partial charge in [-0.3, -0.25) is 15.7 Å². The number of nitrogens with one attached hydrogen (secondary N) is 1. The van der Waals surface area contributed by atoms with Crippen molar-refractivity contribution in [3.05, 3.63) is 59.9 Å². The number of nitrogens with zero attached hydrogens (tertiary/aromatic N) is 2. The third-order valence-corrected chi connectivity index (χ3v) is 3.91. The van der Waals surface area contributed by atoms with Crippen LogP contribution in [-0.2, 0) is 6.54 Å². The van der Waals surface area contributed by atoms with Crippen LogP contribution in [0.4, 0.5) is 5.69 Å². The molecule has 1 unspecified atom stereocenters. The van der Waals surface area contributed by atoms with Gasteiger partial charge < -0.3 is 5.43 Å². The van der Waals surface area contributed by atoms with Crippen LogP contribution >= 0.6 is 0 Å². The van der Waals surface area contributed by atoms with Gasteiger partial charge in [-0.1, -0.05) is 30.3 Å². The van der Waals surface area contributed by atoms with Gasteiger partial charge in [0, 0.05) is 19.3 Å². The van der Waals surface area contributed by atoms with Gasteiger partial charge in [0.2, 0.25) is 0 Å². The Bertz CT molecular complexity index is 555. The summed E-state index contributed by atoms with van der Waals surface area (Å²) < 4.78 is 0. The minimum absolute atomic E-state index is 0.645. The number of aromatic nitrogens is 1. The molecule has 2 aromatic rings. The van der Waals surface area contributed by atoms with Crippen LogP contribution in [-0.4, -0.2) is 23.0 Å². The van der Waals surface area contributed by atoms with Gasteiger partial charge in [-0.05, 0) is 36.6 Å². The largest absolute Gasteiger partial charge is 0.324 e. The maximum atomic E-state index is 5.43. The molecule has 1 aliphatic heterocycles. The average Bonchev–Trinajstić information content (AvgIpc) is 2.97. The maximum Gasteiger partial charge on any atom is 0.0564 e. The van der Waals surface area contributed by atoms with Gasteiger partial charge in [0.05, 0.1) is 11.4 Å². The first-order valence-corrected chi connectivity index (χ1v) is 7.04. The van der Waals surface area contributed by atoms with Crippen molar-refractivity contribution in [2.24, 2.45) is 5.84 Å². The highest BCUT2D eigenvalue weighted by molar-refractivity contribution is 5.41. The minimum atomic E-state index is 0.645. The molecule has 0 bridgehead atoms. The number of nitrogen functional groups attached to an aromatic ring is 1. The van der Waals surface area contributed by atoms with Gasteiger partial charge in [-0.2, -0.15) is 0 Å². The summed E-state index contributed by atoms with van der Waals surface area (Å²) >= 11 is 0. The molecule has 1 aromatic heterocycles. The van der Waals surface area contributed by atoms with E-state index in [1.165, 1.54) is 12.0 Å². The first kappa shape index (κ1) is 13.1. The Morgan fingerprint density at radius 1 is 1.25 bits per heavy atom. The molecule has 0 radical (unpaired) electrons. The second-order valence-corrected chi connectivity index (χ2v) is 5.31. The topological polar surface area (TPSA) is 54.2 Å². The fraction of sp³-hybridized carbons (Fsp3) is 0.312. The van der Waals surface area contributed by atoms with E-state index >= 15 is 0 Å². The monoisotopic (exact) mass is 268 g/mol. The van der Waals surface area contributed by atoms with Crippen molar-refractivity contribution in [2.45, 2.75) is 18.9 Å². The number of hydrazine groups is 1. The second kappa shape index (κ2) is 6.03. The number of nitrogens with two attached hydrogens (primary N) is 1. The van der Waals surface area contributed by atoms with Crippen molar-refractivity contribution in [3.63, 3.8) is 0 Å². The maximum absolute atomic E-state index is 5.43. The number of hydrogen-bond donors (Lipinski definition) is 2. The van der Waals surface area contributed by atoms with Crippen LogP contribution in [0.2, 0.25) is 0 Å². The smallest absolute Gasteiger partial charge is 0.0564 e. The molecule has 0 spiro atoms. The first-order chi connectivity index (χ1) is 9.85. The Labute approximate surface area is 119 Å². The Kier molecular flexibility index (Phi) is 3.95. The predicted octanol–water partition coefficient (Wildman–Crippen LogP) is 2.36. The third kappa shape index (κ3) is 2.98. The number of anilines is 1. The summed E-state index contributed by atoms with van der Waals surface area (Å²) in [5, 5.41) is 0. The fourth-order valence-corrected chi connectivity index (χ4v) is 2.86. The molecular formula is C16H20N4. The Morgan fingerprint density at radius 2 is 2.10 bits per heavy atom. The molecule has 1 aromatic carbocycles. The first-order valence-electron chi connectivity index (χ1n) is 7.04. The summed E-state index contributed by atoms with van der Waals surface area (Å²) in [6.45, 7) is 3.12. The summed E-state index contributed by atoms with van der Waals surface area (Å²) in [5.74, 6) is 6.08. The molecule has 0 saturated carbocycles. The van der Waals surface area contributed by atoms with Crippen LogP contribution in [0, 0.1) is 0 Å². The molecule has 4 nitrogen and oxygen atoms in total. The lowest BCUT2D eigenvalue weighted by molar-refractivity contribution is 0.323. The van der Waals surface area contributed by atoms with E-state index in [-0.39, 0.29) is 0 Å². The van der Waals surface area contributed by atoms with Gasteiger partial charge in [-0.15, -0.1) is 0 Å². The molecule has 3 N–H and O–H groups in total. The summed E-state index contributed by atoms with van der Waals surface area (Å²) in [7, 11) is 0. The van der Waals surface area contributed by atoms with E-state index < -0.39 is 0 Å². The molecule has 4 heteroatoms. The Morgan fingerprint density at radius 3 is 2.90 bits per heavy atom. The van der Waals surface area contributed by atoms with Crippen LogP contribution in [0.15, 0.2) is 48.7 Å². The van der Waals surface area contributed by atoms with Crippen LogP contribution < -0.4 is 11.3 Å². The van der Waals surface area contributed by atoms with E-state index in [9.17, 15) is 0 Å². The molecule has 20 heavy (non-hydrogen) atoms. The molecule has 0 aliphatic carbocycles. The van der Waals surface area contributed by atoms with Crippen molar-refractivity contribution >= 4 is 5.69 Å². The van der Waals surface area contributed by atoms with Crippen LogP contribution in [0.25, 0.3) is 0 Å². The van der Waals surface area contributed by atoms with Crippen molar-refractivity contribution in [1.82, 2.24) is 9.88 Å². The van der Waals surface area contributed by atoms with Gasteiger partial charge >= 0.3 is 0 Å². The highest BCUT2D eigenvalue weighted by Crippen LogP contribution is 2.27. The third-order valence-electron chi connectivity index (χ3n) is 3.91. The number of likely N-dealkylation sites (tertiary alicyclic amines) is 1. The minimum Gasteiger partial charge on any atom is -0.324 e. The van der Waals surface area contributed by atoms with E-state index in [1.54, 1.807) is 6.20 Å². The van der Waals surface area contributed by atoms with E-state index in [0.717, 1.165) is 31.0 Å². The predicted molar refractivity (Wildman–Crippen MR) is 81.1 cm³/mol. The van der Waals surface area contributed by atoms with E-state index in [2.05, 4.69) is 45.6 Å². The average molecular weight is 268 g/mol. The lowest BCUT2D eigenvalue weighted by Crippen LogP contribution is -2.20. The summed E-state index contributed by atoms with van der Waals surface area (Å²) in [6, 6.07) is 14.7. The lowest BCUT2D eigenvalue weighted by Gasteiger charge is -2.16. The molecule has 1 fully saturated rings. The van der Waals surface area contributed by atoms with Crippen molar-refractivity contribution in [1.29, 1.82) is 0 Å². The van der Waals surface area contributed by atoms with E-state index in [0.29, 0.717) is 5.92 Å². The summed E-state index contributed by atoms with van der Waals surface area (Å²) in [4.78, 5) is 6.87. The zero-order valence-corrected chi connectivity index (χ0v) is 11.5. The van der Waals surface area contributed by atoms with Crippen molar-refractivity contribution < 1.29 is 0 Å². The van der Waals surface area contributed by atoms with E-state index in [4.69, 9.17) is 5.84 Å². The van der Waals surface area contributed by atoms with Crippen molar-refractivity contribution in [3.8, 4) is 0 Å². The van der Waals surface area contributed by atoms with Crippen LogP contribution in [0.3, 0.4) is 0 Å². The zero-order chi connectivity index (χ0) is 13.8. The normalized spacial score (nSPS) is 19.1. The standard InChI is InChI=1S/C16H20N4/c17-19-15-6-8-18-16(10-15)12-20-9-7-14(11-20)13-4-2-1-3-5-13/h1-6,8,10,14H,7,9,11-12,17H2,(H,18,19). The molecule has 1 aliphatic rings. The quantitative estimate of drug-likeness (QED) is 0.660. The lowest BCUT2D eigenvalue weighted by atomic mass is 9.99. The molecule has 3 rings (SSSR count). The van der Waals surface area contributed by atoms with Gasteiger partial charge in [0.25, 0.3) is 0 Å².